The number of alkyl halides is 1. The maximum Gasteiger partial charge on any atom is 0.137 e. The van der Waals surface area contributed by atoms with E-state index in [-0.39, 0.29) is 16.5 Å². The molecule has 0 aromatic heterocycles. The molecule has 0 spiro atoms. The van der Waals surface area contributed by atoms with E-state index in [1.807, 2.05) is 0 Å². The number of benzene rings is 2. The Hall–Kier alpha value is -0.260. The summed E-state index contributed by atoms with van der Waals surface area (Å²) in [5.41, 5.74) is 1.78. The molecule has 0 aliphatic heterocycles. The predicted molar refractivity (Wildman–Crippen MR) is 79.0 cm³/mol. The summed E-state index contributed by atoms with van der Waals surface area (Å²) in [4.78, 5) is -0.119. The molecule has 0 atom stereocenters. The molecule has 0 saturated carbocycles. The van der Waals surface area contributed by atoms with Gasteiger partial charge in [-0.15, -0.1) is 0 Å². The van der Waals surface area contributed by atoms with Gasteiger partial charge in [0, 0.05) is 0 Å². The van der Waals surface area contributed by atoms with Gasteiger partial charge < -0.3 is 0 Å². The normalized spacial score (nSPS) is 11.0. The summed E-state index contributed by atoms with van der Waals surface area (Å²) in [6.45, 7) is 0. The van der Waals surface area contributed by atoms with Crippen LogP contribution in [0.15, 0.2) is 45.3 Å². The number of hydrogen-bond acceptors (Lipinski definition) is 0. The highest BCUT2D eigenvalue weighted by Gasteiger charge is 2.13. The van der Waals surface area contributed by atoms with E-state index >= 15 is 0 Å². The molecule has 0 aliphatic carbocycles. The molecule has 2 rings (SSSR count). The molecular formula is C13H7Br3F2. The van der Waals surface area contributed by atoms with Gasteiger partial charge in [0.05, 0.1) is 13.8 Å². The minimum atomic E-state index is -0.307. The van der Waals surface area contributed by atoms with Crippen LogP contribution in [0.2, 0.25) is 0 Å². The molecular weight excluding hydrogens is 434 g/mol. The van der Waals surface area contributed by atoms with Gasteiger partial charge in [-0.05, 0) is 67.3 Å². The third kappa shape index (κ3) is 3.00. The summed E-state index contributed by atoms with van der Waals surface area (Å²) in [6.07, 6.45) is 0. The van der Waals surface area contributed by atoms with Gasteiger partial charge in [0.25, 0.3) is 0 Å². The van der Waals surface area contributed by atoms with E-state index in [4.69, 9.17) is 0 Å². The molecule has 0 saturated heterocycles. The lowest BCUT2D eigenvalue weighted by Gasteiger charge is -2.12. The van der Waals surface area contributed by atoms with Gasteiger partial charge in [-0.2, -0.15) is 0 Å². The van der Waals surface area contributed by atoms with Gasteiger partial charge in [0.2, 0.25) is 0 Å². The zero-order chi connectivity index (χ0) is 13.3. The van der Waals surface area contributed by atoms with Crippen molar-refractivity contribution >= 4 is 47.8 Å². The topological polar surface area (TPSA) is 0 Å². The summed E-state index contributed by atoms with van der Waals surface area (Å²) in [6, 6.07) is 9.57. The van der Waals surface area contributed by atoms with Crippen LogP contribution in [0.3, 0.4) is 0 Å². The third-order valence-corrected chi connectivity index (χ3v) is 4.75. The van der Waals surface area contributed by atoms with Crippen molar-refractivity contribution in [2.24, 2.45) is 0 Å². The maximum absolute atomic E-state index is 13.2. The fourth-order valence-corrected chi connectivity index (χ4v) is 2.90. The Morgan fingerprint density at radius 1 is 0.778 bits per heavy atom. The highest BCUT2D eigenvalue weighted by atomic mass is 79.9. The van der Waals surface area contributed by atoms with Gasteiger partial charge in [-0.3, -0.25) is 0 Å². The lowest BCUT2D eigenvalue weighted by molar-refractivity contribution is 0.620. The second-order valence-electron chi connectivity index (χ2n) is 3.71. The van der Waals surface area contributed by atoms with Crippen molar-refractivity contribution in [3.8, 4) is 0 Å². The number of hydrogen-bond donors (Lipinski definition) is 0. The Labute approximate surface area is 129 Å². The summed E-state index contributed by atoms with van der Waals surface area (Å²) in [5.74, 6) is -0.613. The van der Waals surface area contributed by atoms with Crippen molar-refractivity contribution in [3.63, 3.8) is 0 Å². The molecule has 0 heterocycles. The van der Waals surface area contributed by atoms with Gasteiger partial charge in [0.1, 0.15) is 11.6 Å². The Morgan fingerprint density at radius 2 is 1.17 bits per heavy atom. The van der Waals surface area contributed by atoms with Crippen LogP contribution >= 0.6 is 47.8 Å². The first-order valence-electron chi connectivity index (χ1n) is 5.03. The Balaban J connectivity index is 2.37. The second kappa shape index (κ2) is 5.80. The monoisotopic (exact) mass is 438 g/mol. The second-order valence-corrected chi connectivity index (χ2v) is 6.33. The average Bonchev–Trinajstić information content (AvgIpc) is 2.35. The van der Waals surface area contributed by atoms with Crippen LogP contribution in [0.25, 0.3) is 0 Å². The van der Waals surface area contributed by atoms with Crippen LogP contribution in [0.1, 0.15) is 16.0 Å². The fourth-order valence-electron chi connectivity index (χ4n) is 1.53. The van der Waals surface area contributed by atoms with Crippen molar-refractivity contribution in [2.45, 2.75) is 4.83 Å². The molecule has 0 nitrogen and oxygen atoms in total. The Kier molecular flexibility index (Phi) is 4.56. The number of rotatable bonds is 2. The summed E-state index contributed by atoms with van der Waals surface area (Å²) >= 11 is 9.82. The van der Waals surface area contributed by atoms with Crippen LogP contribution in [0.4, 0.5) is 8.78 Å². The molecule has 0 radical (unpaired) electrons. The largest absolute Gasteiger partial charge is 0.206 e. The first-order valence-corrected chi connectivity index (χ1v) is 7.53. The van der Waals surface area contributed by atoms with E-state index in [0.29, 0.717) is 8.95 Å². The Bertz CT molecular complexity index is 533. The van der Waals surface area contributed by atoms with Crippen molar-refractivity contribution in [1.29, 1.82) is 0 Å². The highest BCUT2D eigenvalue weighted by molar-refractivity contribution is 9.11. The molecule has 0 N–H and O–H groups in total. The maximum atomic E-state index is 13.2. The predicted octanol–water partition coefficient (Wildman–Crippen LogP) is 5.97. The summed E-state index contributed by atoms with van der Waals surface area (Å²) in [5, 5.41) is 0. The van der Waals surface area contributed by atoms with Crippen molar-refractivity contribution in [1.82, 2.24) is 0 Å². The van der Waals surface area contributed by atoms with Gasteiger partial charge >= 0.3 is 0 Å². The van der Waals surface area contributed by atoms with Gasteiger partial charge in [-0.1, -0.05) is 28.1 Å². The van der Waals surface area contributed by atoms with E-state index in [9.17, 15) is 8.78 Å². The first-order chi connectivity index (χ1) is 8.49. The lowest BCUT2D eigenvalue weighted by Crippen LogP contribution is -1.94. The summed E-state index contributed by atoms with van der Waals surface area (Å²) < 4.78 is 27.1. The van der Waals surface area contributed by atoms with Gasteiger partial charge in [0.15, 0.2) is 0 Å². The lowest BCUT2D eigenvalue weighted by atomic mass is 10.0. The molecule has 5 heteroatoms. The number of halogens is 5. The summed E-state index contributed by atoms with van der Waals surface area (Å²) in [7, 11) is 0. The molecule has 0 bridgehead atoms. The van der Waals surface area contributed by atoms with Gasteiger partial charge in [-0.25, -0.2) is 8.78 Å². The molecule has 0 amide bonds. The van der Waals surface area contributed by atoms with Crippen molar-refractivity contribution in [3.05, 3.63) is 68.1 Å². The van der Waals surface area contributed by atoms with Crippen LogP contribution < -0.4 is 0 Å². The molecule has 0 fully saturated rings. The molecule has 18 heavy (non-hydrogen) atoms. The molecule has 2 aromatic carbocycles. The standard InChI is InChI=1S/C13H7Br3F2/c14-9-5-7(1-3-11(9)17)13(16)8-2-4-12(18)10(15)6-8/h1-6,13H. The quantitative estimate of drug-likeness (QED) is 0.504. The first kappa shape index (κ1) is 14.2. The molecule has 0 aliphatic rings. The van der Waals surface area contributed by atoms with Crippen LogP contribution in [0, 0.1) is 11.6 Å². The van der Waals surface area contributed by atoms with Crippen molar-refractivity contribution in [2.75, 3.05) is 0 Å². The van der Waals surface area contributed by atoms with E-state index in [1.165, 1.54) is 12.1 Å². The van der Waals surface area contributed by atoms with Crippen LogP contribution in [-0.4, -0.2) is 0 Å². The smallest absolute Gasteiger partial charge is 0.137 e. The van der Waals surface area contributed by atoms with E-state index in [1.54, 1.807) is 24.3 Å². The molecule has 2 aromatic rings. The van der Waals surface area contributed by atoms with Crippen molar-refractivity contribution < 1.29 is 8.78 Å². The minimum Gasteiger partial charge on any atom is -0.206 e. The fraction of sp³-hybridized carbons (Fsp3) is 0.0769. The zero-order valence-electron chi connectivity index (χ0n) is 8.93. The molecule has 0 unspecified atom stereocenters. The minimum absolute atomic E-state index is 0.119. The van der Waals surface area contributed by atoms with Crippen LogP contribution in [0.5, 0.6) is 0 Å². The highest BCUT2D eigenvalue weighted by Crippen LogP contribution is 2.34. The Morgan fingerprint density at radius 3 is 1.50 bits per heavy atom. The molecule has 94 valence electrons. The van der Waals surface area contributed by atoms with Crippen LogP contribution in [-0.2, 0) is 0 Å². The third-order valence-electron chi connectivity index (χ3n) is 2.47. The van der Waals surface area contributed by atoms with E-state index in [0.717, 1.165) is 11.1 Å². The van der Waals surface area contributed by atoms with E-state index in [2.05, 4.69) is 47.8 Å². The zero-order valence-corrected chi connectivity index (χ0v) is 13.7. The SMILES string of the molecule is Fc1ccc(C(Br)c2ccc(F)c(Br)c2)cc1Br. The average molecular weight is 441 g/mol. The van der Waals surface area contributed by atoms with E-state index < -0.39 is 0 Å².